The van der Waals surface area contributed by atoms with Gasteiger partial charge < -0.3 is 20.6 Å². The number of fused-ring (bicyclic) bond motifs is 1. The predicted molar refractivity (Wildman–Crippen MR) is 115 cm³/mol. The number of carboxylic acids is 1. The molecule has 2 heterocycles. The molecule has 1 aliphatic heterocycles. The second-order valence-electron chi connectivity index (χ2n) is 7.11. The molecule has 2 aromatic rings. The SMILES string of the molecule is C=C1C(C(=O)O)=CN(C2CC2)c2c(F)c(NCCNc3ccccn3)c(F)c(S)c21. The zero-order chi connectivity index (χ0) is 21.4. The van der Waals surface area contributed by atoms with Gasteiger partial charge in [0, 0.05) is 37.1 Å². The van der Waals surface area contributed by atoms with Crippen molar-refractivity contribution in [2.45, 2.75) is 23.8 Å². The number of hydrogen-bond donors (Lipinski definition) is 4. The van der Waals surface area contributed by atoms with Gasteiger partial charge in [-0.25, -0.2) is 18.6 Å². The molecule has 1 aliphatic carbocycles. The van der Waals surface area contributed by atoms with E-state index in [0.29, 0.717) is 12.4 Å². The van der Waals surface area contributed by atoms with Crippen molar-refractivity contribution in [2.24, 2.45) is 0 Å². The number of carbonyl (C=O) groups is 1. The lowest BCUT2D eigenvalue weighted by atomic mass is 9.93. The van der Waals surface area contributed by atoms with Crippen molar-refractivity contribution in [2.75, 3.05) is 28.6 Å². The van der Waals surface area contributed by atoms with Crippen molar-refractivity contribution in [3.63, 3.8) is 0 Å². The number of thiol groups is 1. The molecule has 156 valence electrons. The molecule has 0 bridgehead atoms. The van der Waals surface area contributed by atoms with E-state index in [1.54, 1.807) is 23.2 Å². The summed E-state index contributed by atoms with van der Waals surface area (Å²) in [6, 6.07) is 5.38. The van der Waals surface area contributed by atoms with Crippen molar-refractivity contribution >= 4 is 41.4 Å². The van der Waals surface area contributed by atoms with Crippen LogP contribution in [0.25, 0.3) is 5.57 Å². The number of halogens is 2. The summed E-state index contributed by atoms with van der Waals surface area (Å²) >= 11 is 4.25. The van der Waals surface area contributed by atoms with Gasteiger partial charge in [-0.1, -0.05) is 12.6 Å². The van der Waals surface area contributed by atoms with Crippen LogP contribution in [-0.4, -0.2) is 35.2 Å². The fourth-order valence-electron chi connectivity index (χ4n) is 3.43. The number of rotatable bonds is 7. The highest BCUT2D eigenvalue weighted by Crippen LogP contribution is 2.48. The third-order valence-electron chi connectivity index (χ3n) is 5.05. The summed E-state index contributed by atoms with van der Waals surface area (Å²) in [5.74, 6) is -2.21. The Balaban J connectivity index is 1.64. The van der Waals surface area contributed by atoms with E-state index in [-0.39, 0.29) is 45.6 Å². The van der Waals surface area contributed by atoms with Crippen LogP contribution in [0.4, 0.5) is 26.0 Å². The minimum absolute atomic E-state index is 0.0300. The summed E-state index contributed by atoms with van der Waals surface area (Å²) in [5, 5.41) is 15.3. The molecule has 9 heteroatoms. The van der Waals surface area contributed by atoms with Crippen molar-refractivity contribution < 1.29 is 18.7 Å². The maximum atomic E-state index is 15.5. The van der Waals surface area contributed by atoms with Gasteiger partial charge in [-0.3, -0.25) is 0 Å². The van der Waals surface area contributed by atoms with Gasteiger partial charge in [-0.2, -0.15) is 0 Å². The topological polar surface area (TPSA) is 77.5 Å². The molecule has 0 atom stereocenters. The molecule has 0 unspecified atom stereocenters. The van der Waals surface area contributed by atoms with E-state index in [9.17, 15) is 9.90 Å². The fraction of sp³-hybridized carbons (Fsp3) is 0.238. The summed E-state index contributed by atoms with van der Waals surface area (Å²) in [6.07, 6.45) is 4.62. The van der Waals surface area contributed by atoms with Crippen LogP contribution in [0.15, 0.2) is 47.6 Å². The highest BCUT2D eigenvalue weighted by molar-refractivity contribution is 7.80. The summed E-state index contributed by atoms with van der Waals surface area (Å²) in [6.45, 7) is 4.38. The van der Waals surface area contributed by atoms with Crippen LogP contribution < -0.4 is 15.5 Å². The van der Waals surface area contributed by atoms with E-state index < -0.39 is 17.6 Å². The minimum atomic E-state index is -1.20. The Labute approximate surface area is 177 Å². The van der Waals surface area contributed by atoms with Crippen LogP contribution in [0.3, 0.4) is 0 Å². The molecule has 1 fully saturated rings. The zero-order valence-electron chi connectivity index (χ0n) is 16.0. The lowest BCUT2D eigenvalue weighted by molar-refractivity contribution is -0.132. The molecular weight excluding hydrogens is 410 g/mol. The number of aromatic nitrogens is 1. The molecule has 1 saturated carbocycles. The molecular formula is C21H20F2N4O2S. The van der Waals surface area contributed by atoms with Crippen molar-refractivity contribution in [1.82, 2.24) is 4.98 Å². The summed E-state index contributed by atoms with van der Waals surface area (Å²) in [7, 11) is 0. The van der Waals surface area contributed by atoms with Crippen LogP contribution in [0.2, 0.25) is 0 Å². The third kappa shape index (κ3) is 3.60. The lowest BCUT2D eigenvalue weighted by Gasteiger charge is -2.32. The van der Waals surface area contributed by atoms with Crippen LogP contribution in [0.5, 0.6) is 0 Å². The maximum absolute atomic E-state index is 15.5. The van der Waals surface area contributed by atoms with Crippen LogP contribution in [-0.2, 0) is 4.79 Å². The van der Waals surface area contributed by atoms with Gasteiger partial charge in [0.1, 0.15) is 11.5 Å². The monoisotopic (exact) mass is 430 g/mol. The van der Waals surface area contributed by atoms with Gasteiger partial charge in [0.15, 0.2) is 11.6 Å². The van der Waals surface area contributed by atoms with Crippen molar-refractivity contribution in [1.29, 1.82) is 0 Å². The van der Waals surface area contributed by atoms with Crippen molar-refractivity contribution in [3.8, 4) is 0 Å². The molecule has 3 N–H and O–H groups in total. The van der Waals surface area contributed by atoms with Gasteiger partial charge in [-0.05, 0) is 30.5 Å². The first kappa shape index (κ1) is 20.2. The van der Waals surface area contributed by atoms with E-state index in [2.05, 4.69) is 34.8 Å². The largest absolute Gasteiger partial charge is 0.478 e. The number of nitrogens with zero attached hydrogens (tertiary/aromatic N) is 2. The first-order chi connectivity index (χ1) is 14.4. The first-order valence-electron chi connectivity index (χ1n) is 9.46. The first-order valence-corrected chi connectivity index (χ1v) is 9.90. The molecule has 30 heavy (non-hydrogen) atoms. The van der Waals surface area contributed by atoms with Gasteiger partial charge in [0.05, 0.1) is 16.2 Å². The van der Waals surface area contributed by atoms with E-state index in [4.69, 9.17) is 0 Å². The van der Waals surface area contributed by atoms with Gasteiger partial charge in [-0.15, -0.1) is 12.6 Å². The highest BCUT2D eigenvalue weighted by Gasteiger charge is 2.39. The quantitative estimate of drug-likeness (QED) is 0.391. The Morgan fingerprint density at radius 3 is 2.63 bits per heavy atom. The number of anilines is 3. The van der Waals surface area contributed by atoms with E-state index in [1.807, 2.05) is 6.07 Å². The van der Waals surface area contributed by atoms with Gasteiger partial charge >= 0.3 is 5.97 Å². The second kappa shape index (κ2) is 7.98. The third-order valence-corrected chi connectivity index (χ3v) is 5.47. The predicted octanol–water partition coefficient (Wildman–Crippen LogP) is 4.14. The summed E-state index contributed by atoms with van der Waals surface area (Å²) in [5.41, 5.74) is -0.159. The van der Waals surface area contributed by atoms with Gasteiger partial charge in [0.2, 0.25) is 0 Å². The Hall–Kier alpha value is -3.07. The normalized spacial score (nSPS) is 15.5. The molecule has 1 aromatic heterocycles. The van der Waals surface area contributed by atoms with Crippen molar-refractivity contribution in [3.05, 3.63) is 59.9 Å². The molecule has 4 rings (SSSR count). The average molecular weight is 430 g/mol. The number of hydrogen-bond acceptors (Lipinski definition) is 6. The standard InChI is InChI=1S/C21H20F2N4O2S/c1-11-13(21(28)29)10-27(12-5-6-12)19-15(11)20(30)17(23)18(16(19)22)26-9-8-25-14-4-2-3-7-24-14/h2-4,7,10,12,26,30H,1,5-6,8-9H2,(H,24,25)(H,28,29). The smallest absolute Gasteiger partial charge is 0.337 e. The van der Waals surface area contributed by atoms with Crippen LogP contribution in [0, 0.1) is 11.6 Å². The number of carboxylic acid groups (broad SMARTS) is 1. The number of pyridine rings is 1. The molecule has 6 nitrogen and oxygen atoms in total. The number of benzene rings is 1. The molecule has 1 aromatic carbocycles. The molecule has 0 radical (unpaired) electrons. The fourth-order valence-corrected chi connectivity index (χ4v) is 3.79. The Morgan fingerprint density at radius 2 is 2.00 bits per heavy atom. The second-order valence-corrected chi connectivity index (χ2v) is 7.56. The molecule has 0 amide bonds. The minimum Gasteiger partial charge on any atom is -0.478 e. The summed E-state index contributed by atoms with van der Waals surface area (Å²) < 4.78 is 30.5. The molecule has 0 saturated heterocycles. The van der Waals surface area contributed by atoms with Gasteiger partial charge in [0.25, 0.3) is 0 Å². The molecule has 2 aliphatic rings. The maximum Gasteiger partial charge on any atom is 0.337 e. The van der Waals surface area contributed by atoms with E-state index in [1.165, 1.54) is 6.20 Å². The molecule has 0 spiro atoms. The van der Waals surface area contributed by atoms with Crippen LogP contribution >= 0.6 is 12.6 Å². The Kier molecular flexibility index (Phi) is 5.38. The highest BCUT2D eigenvalue weighted by atomic mass is 32.1. The Bertz CT molecular complexity index is 1050. The Morgan fingerprint density at radius 1 is 1.27 bits per heavy atom. The lowest BCUT2D eigenvalue weighted by Crippen LogP contribution is -2.28. The number of aliphatic carboxylic acids is 1. The van der Waals surface area contributed by atoms with E-state index in [0.717, 1.165) is 12.8 Å². The van der Waals surface area contributed by atoms with E-state index >= 15 is 8.78 Å². The zero-order valence-corrected chi connectivity index (χ0v) is 16.8. The summed E-state index contributed by atoms with van der Waals surface area (Å²) in [4.78, 5) is 17.2. The average Bonchev–Trinajstić information content (AvgIpc) is 3.57. The number of nitrogens with one attached hydrogen (secondary N) is 2. The van der Waals surface area contributed by atoms with Crippen LogP contribution in [0.1, 0.15) is 18.4 Å².